The molecule has 3 aromatic rings. The molecule has 0 atom stereocenters. The molecular weight excluding hydrogens is 398 g/mol. The lowest BCUT2D eigenvalue weighted by molar-refractivity contribution is 0.0972. The Labute approximate surface area is 188 Å². The average molecular weight is 424 g/mol. The van der Waals surface area contributed by atoms with E-state index < -0.39 is 0 Å². The van der Waals surface area contributed by atoms with Gasteiger partial charge in [0.15, 0.2) is 11.6 Å². The van der Waals surface area contributed by atoms with Crippen LogP contribution in [0.2, 0.25) is 0 Å². The molecule has 1 N–H and O–H groups in total. The van der Waals surface area contributed by atoms with Gasteiger partial charge < -0.3 is 10.0 Å². The Morgan fingerprint density at radius 3 is 1.94 bits per heavy atom. The number of ketones is 2. The second kappa shape index (κ2) is 9.06. The lowest BCUT2D eigenvalue weighted by Gasteiger charge is -2.22. The number of carbonyl (C=O) groups excluding carboxylic acids is 2. The van der Waals surface area contributed by atoms with E-state index in [9.17, 15) is 14.7 Å². The molecule has 0 fully saturated rings. The molecule has 4 rings (SSSR count). The largest absolute Gasteiger partial charge is 0.507 e. The van der Waals surface area contributed by atoms with Gasteiger partial charge in [-0.25, -0.2) is 0 Å². The molecule has 0 saturated carbocycles. The Kier molecular flexibility index (Phi) is 6.04. The molecule has 0 saturated heterocycles. The third-order valence-corrected chi connectivity index (χ3v) is 5.77. The van der Waals surface area contributed by atoms with Gasteiger partial charge in [-0.1, -0.05) is 66.7 Å². The van der Waals surface area contributed by atoms with E-state index in [2.05, 4.69) is 18.7 Å². The molecule has 4 nitrogen and oxygen atoms in total. The highest BCUT2D eigenvalue weighted by molar-refractivity contribution is 6.34. The molecule has 4 heteroatoms. The summed E-state index contributed by atoms with van der Waals surface area (Å²) in [5, 5.41) is 11.0. The summed E-state index contributed by atoms with van der Waals surface area (Å²) in [6.45, 7) is 6.01. The van der Waals surface area contributed by atoms with Gasteiger partial charge in [0.1, 0.15) is 5.76 Å². The number of hydrogen-bond acceptors (Lipinski definition) is 4. The first kappa shape index (κ1) is 21.3. The Morgan fingerprint density at radius 1 is 0.781 bits per heavy atom. The van der Waals surface area contributed by atoms with Gasteiger partial charge in [0.25, 0.3) is 0 Å². The van der Waals surface area contributed by atoms with Gasteiger partial charge in [-0.2, -0.15) is 0 Å². The smallest absolute Gasteiger partial charge is 0.198 e. The fourth-order valence-corrected chi connectivity index (χ4v) is 4.04. The molecule has 0 bridgehead atoms. The molecule has 0 spiro atoms. The van der Waals surface area contributed by atoms with Crippen molar-refractivity contribution in [2.45, 2.75) is 13.8 Å². The molecule has 0 amide bonds. The lowest BCUT2D eigenvalue weighted by atomic mass is 9.80. The maximum absolute atomic E-state index is 13.4. The molecule has 0 unspecified atom stereocenters. The predicted molar refractivity (Wildman–Crippen MR) is 129 cm³/mol. The molecule has 160 valence electrons. The summed E-state index contributed by atoms with van der Waals surface area (Å²) in [6, 6.07) is 23.4. The van der Waals surface area contributed by atoms with E-state index in [0.717, 1.165) is 24.3 Å². The topological polar surface area (TPSA) is 57.6 Å². The van der Waals surface area contributed by atoms with Gasteiger partial charge in [-0.05, 0) is 37.6 Å². The first-order valence-corrected chi connectivity index (χ1v) is 10.8. The normalized spacial score (nSPS) is 16.1. The molecule has 0 radical (unpaired) electrons. The maximum atomic E-state index is 13.4. The predicted octanol–water partition coefficient (Wildman–Crippen LogP) is 5.96. The molecule has 0 aliphatic heterocycles. The zero-order chi connectivity index (χ0) is 22.7. The fraction of sp³-hybridized carbons (Fsp3) is 0.143. The van der Waals surface area contributed by atoms with Gasteiger partial charge >= 0.3 is 0 Å². The minimum absolute atomic E-state index is 0.0349. The van der Waals surface area contributed by atoms with E-state index in [4.69, 9.17) is 0 Å². The number of aliphatic hydroxyl groups is 1. The van der Waals surface area contributed by atoms with E-state index in [1.165, 1.54) is 0 Å². The second-order valence-electron chi connectivity index (χ2n) is 7.62. The number of fused-ring (bicyclic) bond motifs is 1. The van der Waals surface area contributed by atoms with Crippen molar-refractivity contribution >= 4 is 29.1 Å². The van der Waals surface area contributed by atoms with E-state index in [1.54, 1.807) is 54.6 Å². The Hall–Kier alpha value is -3.92. The summed E-state index contributed by atoms with van der Waals surface area (Å²) in [7, 11) is 0. The van der Waals surface area contributed by atoms with Gasteiger partial charge in [0.05, 0.1) is 5.57 Å². The van der Waals surface area contributed by atoms with Crippen LogP contribution in [0.4, 0.5) is 5.69 Å². The SMILES string of the molecule is CCN(CC)c1ccc(/C=C2\C(=O)c3ccccc3C(=O)\C2=C(\O)c2ccccc2)cc1. The van der Waals surface area contributed by atoms with Crippen LogP contribution in [-0.2, 0) is 0 Å². The highest BCUT2D eigenvalue weighted by Gasteiger charge is 2.35. The number of hydrogen-bond donors (Lipinski definition) is 1. The number of nitrogens with zero attached hydrogens (tertiary/aromatic N) is 1. The Balaban J connectivity index is 1.87. The fourth-order valence-electron chi connectivity index (χ4n) is 4.04. The third-order valence-electron chi connectivity index (χ3n) is 5.77. The Morgan fingerprint density at radius 2 is 1.34 bits per heavy atom. The third kappa shape index (κ3) is 3.87. The van der Waals surface area contributed by atoms with Crippen molar-refractivity contribution in [2.75, 3.05) is 18.0 Å². The molecule has 1 aliphatic rings. The van der Waals surface area contributed by atoms with Crippen LogP contribution in [0.1, 0.15) is 45.7 Å². The number of benzene rings is 3. The van der Waals surface area contributed by atoms with Crippen LogP contribution in [-0.4, -0.2) is 29.8 Å². The molecule has 0 heterocycles. The van der Waals surface area contributed by atoms with Gasteiger partial charge in [-0.3, -0.25) is 9.59 Å². The van der Waals surface area contributed by atoms with Crippen LogP contribution >= 0.6 is 0 Å². The van der Waals surface area contributed by atoms with Gasteiger partial charge in [-0.15, -0.1) is 0 Å². The summed E-state index contributed by atoms with van der Waals surface area (Å²) in [6.07, 6.45) is 1.69. The number of Topliss-reactive ketones (excluding diaryl/α,β-unsaturated/α-hetero) is 2. The molecular formula is C28H25NO3. The summed E-state index contributed by atoms with van der Waals surface area (Å²) in [5.41, 5.74) is 3.27. The molecule has 1 aliphatic carbocycles. The van der Waals surface area contributed by atoms with E-state index in [0.29, 0.717) is 16.7 Å². The highest BCUT2D eigenvalue weighted by atomic mass is 16.3. The van der Waals surface area contributed by atoms with Crippen molar-refractivity contribution in [3.8, 4) is 0 Å². The lowest BCUT2D eigenvalue weighted by Crippen LogP contribution is -2.24. The van der Waals surface area contributed by atoms with Crippen LogP contribution in [0.3, 0.4) is 0 Å². The summed E-state index contributed by atoms with van der Waals surface area (Å²) in [5.74, 6) is -0.817. The monoisotopic (exact) mass is 423 g/mol. The van der Waals surface area contributed by atoms with Crippen molar-refractivity contribution in [3.63, 3.8) is 0 Å². The average Bonchev–Trinajstić information content (AvgIpc) is 2.84. The number of allylic oxidation sites excluding steroid dienone is 2. The zero-order valence-electron chi connectivity index (χ0n) is 18.2. The number of anilines is 1. The number of carbonyl (C=O) groups is 2. The van der Waals surface area contributed by atoms with Crippen molar-refractivity contribution in [1.29, 1.82) is 0 Å². The minimum atomic E-state index is -0.354. The standard InChI is InChI=1S/C28H25NO3/c1-3-29(4-2)21-16-14-19(15-17-21)18-24-25(26(30)20-10-6-5-7-11-20)28(32)23-13-9-8-12-22(23)27(24)31/h5-18,30H,3-4H2,1-2H3/b24-18-,26-25+. The summed E-state index contributed by atoms with van der Waals surface area (Å²) in [4.78, 5) is 29.0. The maximum Gasteiger partial charge on any atom is 0.198 e. The van der Waals surface area contributed by atoms with E-state index in [1.807, 2.05) is 30.3 Å². The van der Waals surface area contributed by atoms with Crippen molar-refractivity contribution < 1.29 is 14.7 Å². The van der Waals surface area contributed by atoms with Crippen LogP contribution in [0.25, 0.3) is 11.8 Å². The van der Waals surface area contributed by atoms with E-state index in [-0.39, 0.29) is 28.5 Å². The van der Waals surface area contributed by atoms with Crippen LogP contribution in [0, 0.1) is 0 Å². The molecule has 32 heavy (non-hydrogen) atoms. The minimum Gasteiger partial charge on any atom is -0.507 e. The first-order valence-electron chi connectivity index (χ1n) is 10.8. The molecule has 0 aromatic heterocycles. The van der Waals surface area contributed by atoms with Crippen LogP contribution < -0.4 is 4.90 Å². The van der Waals surface area contributed by atoms with Crippen molar-refractivity contribution in [2.24, 2.45) is 0 Å². The van der Waals surface area contributed by atoms with Crippen LogP contribution in [0.5, 0.6) is 0 Å². The summed E-state index contributed by atoms with van der Waals surface area (Å²) >= 11 is 0. The quantitative estimate of drug-likeness (QED) is 0.406. The number of rotatable bonds is 5. The Bertz CT molecular complexity index is 1220. The number of aliphatic hydroxyl groups excluding tert-OH is 1. The first-order chi connectivity index (χ1) is 15.5. The van der Waals surface area contributed by atoms with E-state index >= 15 is 0 Å². The van der Waals surface area contributed by atoms with Gasteiger partial charge in [0.2, 0.25) is 0 Å². The van der Waals surface area contributed by atoms with Crippen molar-refractivity contribution in [1.82, 2.24) is 0 Å². The van der Waals surface area contributed by atoms with Crippen molar-refractivity contribution in [3.05, 3.63) is 112 Å². The zero-order valence-corrected chi connectivity index (χ0v) is 18.2. The van der Waals surface area contributed by atoms with Gasteiger partial charge in [0, 0.05) is 41.0 Å². The van der Waals surface area contributed by atoms with Crippen LogP contribution in [0.15, 0.2) is 90.0 Å². The summed E-state index contributed by atoms with van der Waals surface area (Å²) < 4.78 is 0. The highest BCUT2D eigenvalue weighted by Crippen LogP contribution is 2.35. The molecule has 3 aromatic carbocycles. The second-order valence-corrected chi connectivity index (χ2v) is 7.62.